The van der Waals surface area contributed by atoms with Crippen molar-refractivity contribution in [1.82, 2.24) is 14.7 Å². The Kier molecular flexibility index (Phi) is 6.26. The number of pyridine rings is 1. The Bertz CT molecular complexity index is 953. The van der Waals surface area contributed by atoms with Crippen molar-refractivity contribution >= 4 is 11.6 Å². The van der Waals surface area contributed by atoms with Crippen molar-refractivity contribution < 1.29 is 27.4 Å². The zero-order valence-electron chi connectivity index (χ0n) is 15.7. The highest BCUT2D eigenvalue weighted by Gasteiger charge is 2.29. The maximum Gasteiger partial charge on any atom is 0.422 e. The number of imidazole rings is 1. The maximum atomic E-state index is 12.3. The second-order valence-corrected chi connectivity index (χ2v) is 6.36. The lowest BCUT2D eigenvalue weighted by Gasteiger charge is -2.13. The Morgan fingerprint density at radius 1 is 1.21 bits per heavy atom. The predicted molar refractivity (Wildman–Crippen MR) is 99.9 cm³/mol. The van der Waals surface area contributed by atoms with Crippen LogP contribution in [0.3, 0.4) is 0 Å². The molecule has 3 rings (SSSR count). The van der Waals surface area contributed by atoms with Crippen molar-refractivity contribution in [2.45, 2.75) is 25.6 Å². The number of amides is 1. The molecule has 0 atom stereocenters. The summed E-state index contributed by atoms with van der Waals surface area (Å²) in [5.41, 5.74) is 2.30. The molecule has 1 amide bonds. The summed E-state index contributed by atoms with van der Waals surface area (Å²) < 4.78 is 48.6. The van der Waals surface area contributed by atoms with Crippen LogP contribution in [0.1, 0.15) is 17.7 Å². The number of methoxy groups -OCH3 is 1. The van der Waals surface area contributed by atoms with Crippen molar-refractivity contribution in [2.24, 2.45) is 0 Å². The molecular formula is C20H20F3N3O3. The third-order valence-corrected chi connectivity index (χ3v) is 4.14. The van der Waals surface area contributed by atoms with Gasteiger partial charge in [-0.1, -0.05) is 12.1 Å². The van der Waals surface area contributed by atoms with Gasteiger partial charge in [-0.05, 0) is 36.2 Å². The number of hydrogen-bond donors (Lipinski definition) is 1. The third kappa shape index (κ3) is 5.87. The number of rotatable bonds is 8. The number of halogens is 3. The summed E-state index contributed by atoms with van der Waals surface area (Å²) in [6, 6.07) is 10.3. The monoisotopic (exact) mass is 407 g/mol. The van der Waals surface area contributed by atoms with Crippen LogP contribution in [0.5, 0.6) is 11.5 Å². The molecule has 1 aromatic carbocycles. The molecule has 6 nitrogen and oxygen atoms in total. The lowest BCUT2D eigenvalue weighted by Crippen LogP contribution is -2.23. The van der Waals surface area contributed by atoms with Crippen molar-refractivity contribution in [2.75, 3.05) is 13.7 Å². The van der Waals surface area contributed by atoms with Gasteiger partial charge in [-0.2, -0.15) is 13.2 Å². The van der Waals surface area contributed by atoms with Crippen molar-refractivity contribution in [3.05, 3.63) is 60.0 Å². The first-order valence-corrected chi connectivity index (χ1v) is 8.90. The van der Waals surface area contributed by atoms with Crippen LogP contribution in [0, 0.1) is 0 Å². The van der Waals surface area contributed by atoms with E-state index in [4.69, 9.17) is 9.47 Å². The minimum atomic E-state index is -4.43. The third-order valence-electron chi connectivity index (χ3n) is 4.14. The number of nitrogens with one attached hydrogen (secondary N) is 1. The van der Waals surface area contributed by atoms with Crippen molar-refractivity contribution in [3.8, 4) is 11.5 Å². The van der Waals surface area contributed by atoms with Gasteiger partial charge < -0.3 is 19.2 Å². The highest BCUT2D eigenvalue weighted by atomic mass is 19.4. The number of benzene rings is 1. The second kappa shape index (κ2) is 8.85. The molecule has 0 aliphatic carbocycles. The van der Waals surface area contributed by atoms with Gasteiger partial charge >= 0.3 is 6.18 Å². The smallest absolute Gasteiger partial charge is 0.422 e. The Balaban J connectivity index is 1.51. The quantitative estimate of drug-likeness (QED) is 0.621. The van der Waals surface area contributed by atoms with Crippen LogP contribution >= 0.6 is 0 Å². The minimum Gasteiger partial charge on any atom is -0.493 e. The number of carbonyl (C=O) groups is 1. The summed E-state index contributed by atoms with van der Waals surface area (Å²) in [5.74, 6) is 0.0418. The van der Waals surface area contributed by atoms with Crippen LogP contribution in [-0.4, -0.2) is 35.2 Å². The summed E-state index contributed by atoms with van der Waals surface area (Å²) in [5, 5.41) is 2.81. The SMILES string of the molecule is COc1cc(CCC(=O)NCc2cn3ccccc3n2)ccc1OCC(F)(F)F. The number of nitrogens with zero attached hydrogens (tertiary/aromatic N) is 2. The molecule has 0 aliphatic heterocycles. The zero-order chi connectivity index (χ0) is 20.9. The molecule has 29 heavy (non-hydrogen) atoms. The number of ether oxygens (including phenoxy) is 2. The highest BCUT2D eigenvalue weighted by molar-refractivity contribution is 5.76. The fourth-order valence-electron chi connectivity index (χ4n) is 2.75. The first-order chi connectivity index (χ1) is 13.8. The number of alkyl halides is 3. The van der Waals surface area contributed by atoms with Crippen LogP contribution < -0.4 is 14.8 Å². The molecule has 0 saturated heterocycles. The fourth-order valence-corrected chi connectivity index (χ4v) is 2.75. The first-order valence-electron chi connectivity index (χ1n) is 8.90. The Morgan fingerprint density at radius 2 is 2.03 bits per heavy atom. The summed E-state index contributed by atoms with van der Waals surface area (Å²) >= 11 is 0. The molecule has 1 N–H and O–H groups in total. The van der Waals surface area contributed by atoms with Gasteiger partial charge in [0.2, 0.25) is 5.91 Å². The van der Waals surface area contributed by atoms with Gasteiger partial charge in [0.25, 0.3) is 0 Å². The second-order valence-electron chi connectivity index (χ2n) is 6.36. The molecule has 2 aromatic heterocycles. The molecule has 0 bridgehead atoms. The van der Waals surface area contributed by atoms with E-state index in [0.717, 1.165) is 16.9 Å². The molecular weight excluding hydrogens is 387 g/mol. The number of carbonyl (C=O) groups excluding carboxylic acids is 1. The van der Waals surface area contributed by atoms with E-state index in [-0.39, 0.29) is 23.8 Å². The van der Waals surface area contributed by atoms with Gasteiger partial charge in [-0.25, -0.2) is 4.98 Å². The lowest BCUT2D eigenvalue weighted by atomic mass is 10.1. The number of hydrogen-bond acceptors (Lipinski definition) is 4. The highest BCUT2D eigenvalue weighted by Crippen LogP contribution is 2.30. The van der Waals surface area contributed by atoms with Gasteiger partial charge in [0, 0.05) is 18.8 Å². The van der Waals surface area contributed by atoms with E-state index >= 15 is 0 Å². The minimum absolute atomic E-state index is 0.00451. The normalized spacial score (nSPS) is 11.4. The fraction of sp³-hybridized carbons (Fsp3) is 0.300. The van der Waals surface area contributed by atoms with E-state index in [1.165, 1.54) is 13.2 Å². The van der Waals surface area contributed by atoms with Crippen molar-refractivity contribution in [1.29, 1.82) is 0 Å². The average molecular weight is 407 g/mol. The Hall–Kier alpha value is -3.23. The van der Waals surface area contributed by atoms with Crippen LogP contribution in [0.4, 0.5) is 13.2 Å². The maximum absolute atomic E-state index is 12.3. The van der Waals surface area contributed by atoms with E-state index < -0.39 is 12.8 Å². The molecule has 0 radical (unpaired) electrons. The molecule has 154 valence electrons. The van der Waals surface area contributed by atoms with Gasteiger partial charge in [0.1, 0.15) is 5.65 Å². The van der Waals surface area contributed by atoms with E-state index in [1.807, 2.05) is 35.0 Å². The topological polar surface area (TPSA) is 64.9 Å². The molecule has 0 saturated carbocycles. The molecule has 0 fully saturated rings. The summed E-state index contributed by atoms with van der Waals surface area (Å²) in [6.07, 6.45) is -0.0713. The molecule has 2 heterocycles. The predicted octanol–water partition coefficient (Wildman–Crippen LogP) is 3.53. The van der Waals surface area contributed by atoms with Crippen LogP contribution in [-0.2, 0) is 17.8 Å². The van der Waals surface area contributed by atoms with Crippen LogP contribution in [0.25, 0.3) is 5.65 Å². The Labute approximate surface area is 165 Å². The average Bonchev–Trinajstić information content (AvgIpc) is 3.11. The van der Waals surface area contributed by atoms with Gasteiger partial charge in [-0.15, -0.1) is 0 Å². The number of fused-ring (bicyclic) bond motifs is 1. The van der Waals surface area contributed by atoms with Crippen LogP contribution in [0.15, 0.2) is 48.8 Å². The zero-order valence-corrected chi connectivity index (χ0v) is 15.7. The van der Waals surface area contributed by atoms with E-state index in [0.29, 0.717) is 13.0 Å². The summed E-state index contributed by atoms with van der Waals surface area (Å²) in [4.78, 5) is 16.5. The molecule has 0 unspecified atom stereocenters. The van der Waals surface area contributed by atoms with Gasteiger partial charge in [0.05, 0.1) is 19.3 Å². The van der Waals surface area contributed by atoms with E-state index in [1.54, 1.807) is 12.1 Å². The molecule has 9 heteroatoms. The Morgan fingerprint density at radius 3 is 2.76 bits per heavy atom. The van der Waals surface area contributed by atoms with Gasteiger partial charge in [0.15, 0.2) is 18.1 Å². The number of aryl methyl sites for hydroxylation is 1. The first kappa shape index (κ1) is 20.5. The van der Waals surface area contributed by atoms with Crippen molar-refractivity contribution in [3.63, 3.8) is 0 Å². The largest absolute Gasteiger partial charge is 0.493 e. The summed E-state index contributed by atoms with van der Waals surface area (Å²) in [7, 11) is 1.35. The van der Waals surface area contributed by atoms with E-state index in [2.05, 4.69) is 10.3 Å². The molecule has 3 aromatic rings. The molecule has 0 aliphatic rings. The lowest BCUT2D eigenvalue weighted by molar-refractivity contribution is -0.153. The van der Waals surface area contributed by atoms with E-state index in [9.17, 15) is 18.0 Å². The molecule has 0 spiro atoms. The summed E-state index contributed by atoms with van der Waals surface area (Å²) in [6.45, 7) is -1.08. The van der Waals surface area contributed by atoms with Gasteiger partial charge in [-0.3, -0.25) is 4.79 Å². The number of aromatic nitrogens is 2. The standard InChI is InChI=1S/C20H20F3N3O3/c1-28-17-10-14(5-7-16(17)29-13-20(21,22)23)6-8-19(27)24-11-15-12-26-9-3-2-4-18(26)25-15/h2-5,7,9-10,12H,6,8,11,13H2,1H3,(H,24,27). The van der Waals surface area contributed by atoms with Crippen LogP contribution in [0.2, 0.25) is 0 Å².